The van der Waals surface area contributed by atoms with Gasteiger partial charge in [-0.15, -0.1) is 11.0 Å². The highest BCUT2D eigenvalue weighted by Crippen LogP contribution is 1.98. The van der Waals surface area contributed by atoms with Crippen LogP contribution in [0.5, 0.6) is 0 Å². The molecule has 0 aromatic carbocycles. The molecule has 0 heterocycles. The maximum atomic E-state index is 2.42. The minimum absolute atomic E-state index is 0.373. The van der Waals surface area contributed by atoms with Crippen LogP contribution in [0.1, 0.15) is 20.8 Å². The first kappa shape index (κ1) is 8.27. The third kappa shape index (κ3) is 3.30. The molecule has 1 heteroatoms. The zero-order valence-corrected chi connectivity index (χ0v) is 7.30. The van der Waals surface area contributed by atoms with Crippen LogP contribution in [0.2, 0.25) is 10.6 Å². The van der Waals surface area contributed by atoms with Gasteiger partial charge in [0.15, 0.2) is 0 Å². The van der Waals surface area contributed by atoms with E-state index in [9.17, 15) is 0 Å². The first-order chi connectivity index (χ1) is 3.85. The lowest BCUT2D eigenvalue weighted by Gasteiger charge is -1.94. The highest BCUT2D eigenvalue weighted by molar-refractivity contribution is 6.64. The number of hydrogen-bond donors (Lipinski definition) is 0. The Hall–Kier alpha value is 0.272. The molecule has 8 heavy (non-hydrogen) atoms. The number of hydrogen-bond acceptors (Lipinski definition) is 0. The summed E-state index contributed by atoms with van der Waals surface area (Å²) in [6.07, 6.45) is 2.20. The zero-order chi connectivity index (χ0) is 6.41. The van der Waals surface area contributed by atoms with Crippen molar-refractivity contribution in [3.8, 4) is 0 Å². The van der Waals surface area contributed by atoms with Crippen molar-refractivity contribution in [1.82, 2.24) is 0 Å². The maximum absolute atomic E-state index is 2.42. The molecule has 0 spiro atoms. The Morgan fingerprint density at radius 1 is 1.25 bits per heavy atom. The molecule has 0 saturated heterocycles. The predicted molar refractivity (Wildman–Crippen MR) is 41.5 cm³/mol. The third-order valence-electron chi connectivity index (χ3n) is 1.51. The highest BCUT2D eigenvalue weighted by atomic mass is 27.2. The van der Waals surface area contributed by atoms with Crippen molar-refractivity contribution in [3.05, 3.63) is 11.0 Å². The van der Waals surface area contributed by atoms with E-state index < -0.39 is 0 Å². The van der Waals surface area contributed by atoms with Crippen molar-refractivity contribution in [3.63, 3.8) is 0 Å². The van der Waals surface area contributed by atoms with Gasteiger partial charge in [0.25, 0.3) is 14.1 Å². The first-order valence-electron chi connectivity index (χ1n) is 3.47. The van der Waals surface area contributed by atoms with E-state index in [-0.39, 0.29) is 14.1 Å². The van der Waals surface area contributed by atoms with Crippen molar-refractivity contribution in [2.45, 2.75) is 31.3 Å². The molecule has 0 aliphatic carbocycles. The van der Waals surface area contributed by atoms with E-state index in [1.807, 2.05) is 0 Å². The van der Waals surface area contributed by atoms with E-state index in [1.165, 1.54) is 10.6 Å². The summed E-state index contributed by atoms with van der Waals surface area (Å²) in [5, 5.41) is 2.84. The van der Waals surface area contributed by atoms with Crippen LogP contribution >= 0.6 is 0 Å². The first-order valence-corrected chi connectivity index (χ1v) is 5.77. The Balaban J connectivity index is 3.36. The maximum Gasteiger partial charge on any atom is 0.293 e. The molecular weight excluding hydrogens is 111 g/mol. The summed E-state index contributed by atoms with van der Waals surface area (Å²) in [5.41, 5.74) is 0. The second kappa shape index (κ2) is 5.41. The molecule has 0 rings (SSSR count). The SMILES string of the molecule is C/C=[CH]/[Al]([CH2]C)[CH2]C. The average molecular weight is 126 g/mol. The molecule has 0 fully saturated rings. The Kier molecular flexibility index (Phi) is 5.59. The van der Waals surface area contributed by atoms with Crippen molar-refractivity contribution >= 4 is 14.1 Å². The van der Waals surface area contributed by atoms with Gasteiger partial charge in [-0.25, -0.2) is 0 Å². The topological polar surface area (TPSA) is 0 Å². The van der Waals surface area contributed by atoms with Gasteiger partial charge in [-0.3, -0.25) is 0 Å². The molecule has 0 atom stereocenters. The Morgan fingerprint density at radius 2 is 1.75 bits per heavy atom. The van der Waals surface area contributed by atoms with Gasteiger partial charge in [-0.2, -0.15) is 0 Å². The molecule has 0 amide bonds. The van der Waals surface area contributed by atoms with Crippen LogP contribution in [0, 0.1) is 0 Å². The largest absolute Gasteiger partial charge is 0.293 e. The van der Waals surface area contributed by atoms with Gasteiger partial charge in [0, 0.05) is 0 Å². The molecule has 0 saturated carbocycles. The Labute approximate surface area is 57.0 Å². The summed E-state index contributed by atoms with van der Waals surface area (Å²) in [6.45, 7) is 6.70. The second-order valence-corrected chi connectivity index (χ2v) is 5.64. The fourth-order valence-corrected chi connectivity index (χ4v) is 2.50. The van der Waals surface area contributed by atoms with Gasteiger partial charge in [0.05, 0.1) is 0 Å². The van der Waals surface area contributed by atoms with Gasteiger partial charge in [0.1, 0.15) is 0 Å². The highest BCUT2D eigenvalue weighted by Gasteiger charge is 2.04. The summed E-state index contributed by atoms with van der Waals surface area (Å²) in [7, 11) is 0. The molecule has 0 aliphatic heterocycles. The van der Waals surface area contributed by atoms with Crippen molar-refractivity contribution in [2.24, 2.45) is 0 Å². The van der Waals surface area contributed by atoms with Crippen LogP contribution in [0.3, 0.4) is 0 Å². The molecule has 0 bridgehead atoms. The van der Waals surface area contributed by atoms with E-state index in [2.05, 4.69) is 31.8 Å². The lowest BCUT2D eigenvalue weighted by Crippen LogP contribution is -2.03. The summed E-state index contributed by atoms with van der Waals surface area (Å²) >= 11 is -0.373. The normalized spacial score (nSPS) is 10.4. The average Bonchev–Trinajstić information content (AvgIpc) is 1.83. The number of allylic oxidation sites excluding steroid dienone is 1. The van der Waals surface area contributed by atoms with E-state index >= 15 is 0 Å². The quantitative estimate of drug-likeness (QED) is 0.510. The molecule has 0 unspecified atom stereocenters. The molecule has 0 aromatic heterocycles. The molecule has 46 valence electrons. The van der Waals surface area contributed by atoms with Crippen LogP contribution in [0.4, 0.5) is 0 Å². The molecule has 0 radical (unpaired) electrons. The smallest absolute Gasteiger partial charge is 0.148 e. The van der Waals surface area contributed by atoms with E-state index in [0.29, 0.717) is 0 Å². The minimum Gasteiger partial charge on any atom is -0.148 e. The molecule has 0 nitrogen and oxygen atoms in total. The standard InChI is InChI=1S/C3H5.2C2H5.Al/c1-3-2;2*1-2;/h1,3H,2H3;2*1H2,2H3;. The minimum atomic E-state index is -0.373. The fraction of sp³-hybridized carbons (Fsp3) is 0.714. The van der Waals surface area contributed by atoms with Crippen molar-refractivity contribution < 1.29 is 0 Å². The molecule has 0 N–H and O–H groups in total. The van der Waals surface area contributed by atoms with Crippen molar-refractivity contribution in [2.75, 3.05) is 0 Å². The lowest BCUT2D eigenvalue weighted by atomic mass is 10.8. The fourth-order valence-electron chi connectivity index (χ4n) is 0.833. The predicted octanol–water partition coefficient (Wildman–Crippen LogP) is 2.64. The van der Waals surface area contributed by atoms with Gasteiger partial charge in [0.2, 0.25) is 0 Å². The van der Waals surface area contributed by atoms with E-state index in [1.54, 1.807) is 0 Å². The summed E-state index contributed by atoms with van der Waals surface area (Å²) < 4.78 is 0. The third-order valence-corrected chi connectivity index (χ3v) is 4.54. The van der Waals surface area contributed by atoms with E-state index in [4.69, 9.17) is 0 Å². The summed E-state index contributed by atoms with van der Waals surface area (Å²) in [4.78, 5) is 2.42. The van der Waals surface area contributed by atoms with Gasteiger partial charge < -0.3 is 0 Å². The molecule has 0 aromatic rings. The van der Waals surface area contributed by atoms with Gasteiger partial charge in [-0.05, 0) is 6.92 Å². The lowest BCUT2D eigenvalue weighted by molar-refractivity contribution is 1.33. The van der Waals surface area contributed by atoms with E-state index in [0.717, 1.165) is 0 Å². The second-order valence-electron chi connectivity index (χ2n) is 2.10. The Bertz CT molecular complexity index is 62.8. The van der Waals surface area contributed by atoms with Crippen LogP contribution in [-0.4, -0.2) is 14.1 Å². The van der Waals surface area contributed by atoms with Crippen LogP contribution in [-0.2, 0) is 0 Å². The molecular formula is C7H15Al. The van der Waals surface area contributed by atoms with Crippen molar-refractivity contribution in [1.29, 1.82) is 0 Å². The zero-order valence-electron chi connectivity index (χ0n) is 6.15. The Morgan fingerprint density at radius 3 is 1.88 bits per heavy atom. The monoisotopic (exact) mass is 126 g/mol. The van der Waals surface area contributed by atoms with Crippen LogP contribution in [0.25, 0.3) is 0 Å². The molecule has 0 aliphatic rings. The van der Waals surface area contributed by atoms with Crippen LogP contribution < -0.4 is 0 Å². The van der Waals surface area contributed by atoms with Gasteiger partial charge >= 0.3 is 0 Å². The van der Waals surface area contributed by atoms with Gasteiger partial charge in [-0.1, -0.05) is 24.4 Å². The summed E-state index contributed by atoms with van der Waals surface area (Å²) in [6, 6.07) is 0. The number of rotatable bonds is 3. The van der Waals surface area contributed by atoms with Crippen LogP contribution in [0.15, 0.2) is 11.0 Å². The summed E-state index contributed by atoms with van der Waals surface area (Å²) in [5.74, 6) is 0.